The largest absolute Gasteiger partial charge is 0.469 e. The molecule has 4 nitrogen and oxygen atoms in total. The van der Waals surface area contributed by atoms with Gasteiger partial charge in [0.1, 0.15) is 5.76 Å². The Hall–Kier alpha value is -0.840. The lowest BCUT2D eigenvalue weighted by atomic mass is 9.92. The predicted molar refractivity (Wildman–Crippen MR) is 66.8 cm³/mol. The number of hydrogen-bond donors (Lipinski definition) is 2. The molecule has 0 aliphatic carbocycles. The summed E-state index contributed by atoms with van der Waals surface area (Å²) in [5.41, 5.74) is 0.669. The van der Waals surface area contributed by atoms with Gasteiger partial charge in [-0.1, -0.05) is 0 Å². The van der Waals surface area contributed by atoms with Gasteiger partial charge in [-0.15, -0.1) is 0 Å². The van der Waals surface area contributed by atoms with Crippen LogP contribution in [0.4, 0.5) is 0 Å². The third kappa shape index (κ3) is 3.31. The van der Waals surface area contributed by atoms with E-state index in [1.807, 2.05) is 20.0 Å². The summed E-state index contributed by atoms with van der Waals surface area (Å²) in [6.07, 6.45) is 3.39. The van der Waals surface area contributed by atoms with E-state index in [9.17, 15) is 5.11 Å². The number of nitrogens with zero attached hydrogens (tertiary/aromatic N) is 1. The van der Waals surface area contributed by atoms with Crippen molar-refractivity contribution in [3.05, 3.63) is 23.7 Å². The Morgan fingerprint density at radius 1 is 1.47 bits per heavy atom. The standard InChI is InChI=1S/C13H22N2O2/c1-11-12(3-8-17-11)9-15(2)10-13(16)4-6-14-7-5-13/h3,8,14,16H,4-7,9-10H2,1-2H3. The highest BCUT2D eigenvalue weighted by molar-refractivity contribution is 5.15. The molecule has 17 heavy (non-hydrogen) atoms. The monoisotopic (exact) mass is 238 g/mol. The van der Waals surface area contributed by atoms with Gasteiger partial charge in [-0.05, 0) is 46.0 Å². The zero-order valence-corrected chi connectivity index (χ0v) is 10.7. The third-order valence-electron chi connectivity index (χ3n) is 3.51. The molecule has 1 aliphatic heterocycles. The quantitative estimate of drug-likeness (QED) is 0.825. The molecule has 96 valence electrons. The van der Waals surface area contributed by atoms with Gasteiger partial charge < -0.3 is 14.8 Å². The summed E-state index contributed by atoms with van der Waals surface area (Å²) in [5.74, 6) is 0.967. The van der Waals surface area contributed by atoms with Crippen LogP contribution in [-0.2, 0) is 6.54 Å². The molecule has 1 aliphatic rings. The molecule has 0 spiro atoms. The smallest absolute Gasteiger partial charge is 0.105 e. The number of aryl methyl sites for hydroxylation is 1. The van der Waals surface area contributed by atoms with Gasteiger partial charge in [0.2, 0.25) is 0 Å². The molecule has 2 heterocycles. The molecule has 0 amide bonds. The van der Waals surface area contributed by atoms with Crippen LogP contribution >= 0.6 is 0 Å². The van der Waals surface area contributed by atoms with Crippen molar-refractivity contribution in [1.82, 2.24) is 10.2 Å². The van der Waals surface area contributed by atoms with E-state index < -0.39 is 5.60 Å². The van der Waals surface area contributed by atoms with Gasteiger partial charge in [0, 0.05) is 18.7 Å². The van der Waals surface area contributed by atoms with Crippen molar-refractivity contribution in [3.8, 4) is 0 Å². The summed E-state index contributed by atoms with van der Waals surface area (Å²) in [6.45, 7) is 5.35. The second-order valence-electron chi connectivity index (χ2n) is 5.15. The second-order valence-corrected chi connectivity index (χ2v) is 5.15. The van der Waals surface area contributed by atoms with E-state index in [0.717, 1.165) is 44.8 Å². The highest BCUT2D eigenvalue weighted by Crippen LogP contribution is 2.20. The average Bonchev–Trinajstić information content (AvgIpc) is 2.64. The number of nitrogens with one attached hydrogen (secondary N) is 1. The van der Waals surface area contributed by atoms with Gasteiger partial charge in [-0.2, -0.15) is 0 Å². The maximum atomic E-state index is 10.4. The van der Waals surface area contributed by atoms with E-state index in [4.69, 9.17) is 4.42 Å². The van der Waals surface area contributed by atoms with E-state index in [0.29, 0.717) is 0 Å². The first-order valence-corrected chi connectivity index (χ1v) is 6.24. The van der Waals surface area contributed by atoms with E-state index in [1.165, 1.54) is 5.56 Å². The molecule has 4 heteroatoms. The lowest BCUT2D eigenvalue weighted by Crippen LogP contribution is -2.48. The number of likely N-dealkylation sites (N-methyl/N-ethyl adjacent to an activating group) is 1. The molecule has 0 bridgehead atoms. The van der Waals surface area contributed by atoms with Crippen LogP contribution in [0.3, 0.4) is 0 Å². The van der Waals surface area contributed by atoms with Gasteiger partial charge in [0.15, 0.2) is 0 Å². The number of rotatable bonds is 4. The minimum Gasteiger partial charge on any atom is -0.469 e. The zero-order valence-electron chi connectivity index (χ0n) is 10.7. The van der Waals surface area contributed by atoms with Crippen molar-refractivity contribution >= 4 is 0 Å². The molecule has 2 rings (SSSR count). The van der Waals surface area contributed by atoms with Crippen LogP contribution in [0.1, 0.15) is 24.2 Å². The number of aliphatic hydroxyl groups is 1. The summed E-state index contributed by atoms with van der Waals surface area (Å²) < 4.78 is 5.28. The summed E-state index contributed by atoms with van der Waals surface area (Å²) in [4.78, 5) is 2.17. The molecule has 1 fully saturated rings. The van der Waals surface area contributed by atoms with Gasteiger partial charge in [0.05, 0.1) is 11.9 Å². The molecule has 0 aromatic carbocycles. The molecule has 0 unspecified atom stereocenters. The number of piperidine rings is 1. The molecular formula is C13H22N2O2. The van der Waals surface area contributed by atoms with E-state index in [1.54, 1.807) is 6.26 Å². The van der Waals surface area contributed by atoms with Crippen LogP contribution in [0, 0.1) is 6.92 Å². The van der Waals surface area contributed by atoms with Gasteiger partial charge in [0.25, 0.3) is 0 Å². The Bertz CT molecular complexity index is 356. The number of furan rings is 1. The molecular weight excluding hydrogens is 216 g/mol. The Balaban J connectivity index is 1.88. The van der Waals surface area contributed by atoms with Crippen LogP contribution in [0.25, 0.3) is 0 Å². The summed E-state index contributed by atoms with van der Waals surface area (Å²) in [5, 5.41) is 13.7. The molecule has 0 saturated carbocycles. The van der Waals surface area contributed by atoms with Crippen molar-refractivity contribution in [2.75, 3.05) is 26.7 Å². The molecule has 1 aromatic rings. The van der Waals surface area contributed by atoms with Crippen molar-refractivity contribution in [1.29, 1.82) is 0 Å². The minimum atomic E-state index is -0.530. The average molecular weight is 238 g/mol. The van der Waals surface area contributed by atoms with Crippen molar-refractivity contribution in [2.24, 2.45) is 0 Å². The Morgan fingerprint density at radius 3 is 2.76 bits per heavy atom. The highest BCUT2D eigenvalue weighted by Gasteiger charge is 2.30. The van der Waals surface area contributed by atoms with E-state index >= 15 is 0 Å². The fraction of sp³-hybridized carbons (Fsp3) is 0.692. The third-order valence-corrected chi connectivity index (χ3v) is 3.51. The van der Waals surface area contributed by atoms with Crippen LogP contribution < -0.4 is 5.32 Å². The summed E-state index contributed by atoms with van der Waals surface area (Å²) in [6, 6.07) is 2.00. The molecule has 2 N–H and O–H groups in total. The maximum Gasteiger partial charge on any atom is 0.105 e. The number of hydrogen-bond acceptors (Lipinski definition) is 4. The topological polar surface area (TPSA) is 48.6 Å². The normalized spacial score (nSPS) is 19.8. The summed E-state index contributed by atoms with van der Waals surface area (Å²) in [7, 11) is 2.05. The van der Waals surface area contributed by atoms with Crippen LogP contribution in [0.2, 0.25) is 0 Å². The molecule has 0 atom stereocenters. The van der Waals surface area contributed by atoms with E-state index in [2.05, 4.69) is 10.2 Å². The second kappa shape index (κ2) is 5.21. The molecule has 1 saturated heterocycles. The predicted octanol–water partition coefficient (Wildman–Crippen LogP) is 1.13. The Kier molecular flexibility index (Phi) is 3.86. The minimum absolute atomic E-state index is 0.530. The summed E-state index contributed by atoms with van der Waals surface area (Å²) >= 11 is 0. The first-order valence-electron chi connectivity index (χ1n) is 6.24. The van der Waals surface area contributed by atoms with Crippen LogP contribution in [0.5, 0.6) is 0 Å². The fourth-order valence-corrected chi connectivity index (χ4v) is 2.47. The zero-order chi connectivity index (χ0) is 12.3. The van der Waals surface area contributed by atoms with Gasteiger partial charge in [-0.3, -0.25) is 4.90 Å². The lowest BCUT2D eigenvalue weighted by molar-refractivity contribution is -0.0169. The molecule has 1 aromatic heterocycles. The first-order chi connectivity index (χ1) is 8.09. The molecule has 0 radical (unpaired) electrons. The van der Waals surface area contributed by atoms with E-state index in [-0.39, 0.29) is 0 Å². The van der Waals surface area contributed by atoms with Crippen LogP contribution in [0.15, 0.2) is 16.7 Å². The Morgan fingerprint density at radius 2 is 2.18 bits per heavy atom. The highest BCUT2D eigenvalue weighted by atomic mass is 16.3. The lowest BCUT2D eigenvalue weighted by Gasteiger charge is -2.35. The van der Waals surface area contributed by atoms with Crippen molar-refractivity contribution < 1.29 is 9.52 Å². The Labute approximate surface area is 103 Å². The van der Waals surface area contributed by atoms with Crippen molar-refractivity contribution in [2.45, 2.75) is 31.9 Å². The SMILES string of the molecule is Cc1occc1CN(C)CC1(O)CCNCC1. The first kappa shape index (κ1) is 12.6. The van der Waals surface area contributed by atoms with Crippen LogP contribution in [-0.4, -0.2) is 42.3 Å². The van der Waals surface area contributed by atoms with Crippen molar-refractivity contribution in [3.63, 3.8) is 0 Å². The maximum absolute atomic E-state index is 10.4. The fourth-order valence-electron chi connectivity index (χ4n) is 2.47. The van der Waals surface area contributed by atoms with Gasteiger partial charge >= 0.3 is 0 Å². The van der Waals surface area contributed by atoms with Gasteiger partial charge in [-0.25, -0.2) is 0 Å².